The Morgan fingerprint density at radius 1 is 1.29 bits per heavy atom. The van der Waals surface area contributed by atoms with Crippen LogP contribution >= 0.6 is 23.2 Å². The molecule has 1 aromatic carbocycles. The van der Waals surface area contributed by atoms with Crippen LogP contribution in [0.1, 0.15) is 32.3 Å². The normalized spacial score (nSPS) is 28.1. The van der Waals surface area contributed by atoms with Crippen LogP contribution in [-0.4, -0.2) is 17.3 Å². The minimum Gasteiger partial charge on any atom is -0.385 e. The predicted molar refractivity (Wildman–Crippen MR) is 69.6 cm³/mol. The van der Waals surface area contributed by atoms with Gasteiger partial charge in [-0.15, -0.1) is 0 Å². The van der Waals surface area contributed by atoms with Crippen LogP contribution in [-0.2, 0) is 10.3 Å². The van der Waals surface area contributed by atoms with Crippen molar-refractivity contribution in [2.75, 3.05) is 6.61 Å². The summed E-state index contributed by atoms with van der Waals surface area (Å²) in [6, 6.07) is 5.36. The molecule has 1 aliphatic rings. The first kappa shape index (κ1) is 13.2. The molecule has 1 heterocycles. The van der Waals surface area contributed by atoms with Gasteiger partial charge in [0, 0.05) is 18.4 Å². The highest BCUT2D eigenvalue weighted by molar-refractivity contribution is 6.42. The van der Waals surface area contributed by atoms with Gasteiger partial charge in [-0.2, -0.15) is 0 Å². The van der Waals surface area contributed by atoms with Crippen LogP contribution in [0.3, 0.4) is 0 Å². The highest BCUT2D eigenvalue weighted by atomic mass is 35.5. The van der Waals surface area contributed by atoms with E-state index in [1.54, 1.807) is 6.07 Å². The number of ether oxygens (including phenoxy) is 1. The first-order chi connectivity index (χ1) is 7.84. The molecule has 1 N–H and O–H groups in total. The monoisotopic (exact) mass is 274 g/mol. The molecule has 1 aliphatic heterocycles. The first-order valence-corrected chi connectivity index (χ1v) is 6.40. The van der Waals surface area contributed by atoms with E-state index in [2.05, 4.69) is 0 Å². The molecule has 0 bridgehead atoms. The van der Waals surface area contributed by atoms with Crippen LogP contribution in [0.4, 0.5) is 0 Å². The van der Waals surface area contributed by atoms with E-state index in [1.165, 1.54) is 0 Å². The van der Waals surface area contributed by atoms with Crippen molar-refractivity contribution in [3.05, 3.63) is 33.8 Å². The van der Waals surface area contributed by atoms with Crippen LogP contribution < -0.4 is 0 Å². The highest BCUT2D eigenvalue weighted by Crippen LogP contribution is 2.43. The summed E-state index contributed by atoms with van der Waals surface area (Å²) in [7, 11) is 0. The second-order valence-electron chi connectivity index (χ2n) is 5.17. The molecule has 0 amide bonds. The average Bonchev–Trinajstić information content (AvgIpc) is 2.20. The fraction of sp³-hybridized carbons (Fsp3) is 0.538. The Hall–Kier alpha value is -0.280. The highest BCUT2D eigenvalue weighted by Gasteiger charge is 2.41. The molecule has 0 aromatic heterocycles. The van der Waals surface area contributed by atoms with Gasteiger partial charge in [-0.25, -0.2) is 0 Å². The molecule has 4 heteroatoms. The predicted octanol–water partition coefficient (Wildman–Crippen LogP) is 3.77. The van der Waals surface area contributed by atoms with E-state index >= 15 is 0 Å². The Morgan fingerprint density at radius 2 is 2.00 bits per heavy atom. The number of rotatable bonds is 1. The van der Waals surface area contributed by atoms with E-state index < -0.39 is 5.60 Å². The molecule has 94 valence electrons. The molecular formula is C13H16Cl2O2. The lowest BCUT2D eigenvalue weighted by Gasteiger charge is -2.42. The molecule has 17 heavy (non-hydrogen) atoms. The molecule has 1 saturated heterocycles. The molecule has 1 fully saturated rings. The van der Waals surface area contributed by atoms with E-state index in [-0.39, 0.29) is 5.60 Å². The Morgan fingerprint density at radius 3 is 2.65 bits per heavy atom. The minimum atomic E-state index is -0.955. The molecule has 0 spiro atoms. The lowest BCUT2D eigenvalue weighted by molar-refractivity contribution is -0.148. The summed E-state index contributed by atoms with van der Waals surface area (Å²) in [5.41, 5.74) is -0.606. The van der Waals surface area contributed by atoms with Gasteiger partial charge in [0.1, 0.15) is 0 Å². The Labute approximate surface area is 111 Å². The molecule has 1 aromatic rings. The van der Waals surface area contributed by atoms with Gasteiger partial charge < -0.3 is 9.84 Å². The minimum absolute atomic E-state index is 0.349. The van der Waals surface area contributed by atoms with Gasteiger partial charge in [0.25, 0.3) is 0 Å². The third-order valence-corrected chi connectivity index (χ3v) is 4.00. The molecule has 2 nitrogen and oxygen atoms in total. The summed E-state index contributed by atoms with van der Waals surface area (Å²) in [5.74, 6) is 0. The topological polar surface area (TPSA) is 29.5 Å². The van der Waals surface area contributed by atoms with Crippen molar-refractivity contribution in [3.8, 4) is 0 Å². The van der Waals surface area contributed by atoms with Crippen molar-refractivity contribution in [3.63, 3.8) is 0 Å². The standard InChI is InChI=1S/C13H16Cl2O2/c1-12(2)8-13(16,6-7-17-12)9-4-3-5-10(14)11(9)15/h3-5,16H,6-8H2,1-2H3. The van der Waals surface area contributed by atoms with Crippen molar-refractivity contribution in [1.29, 1.82) is 0 Å². The fourth-order valence-corrected chi connectivity index (χ4v) is 2.91. The maximum Gasteiger partial charge on any atom is 0.0960 e. The molecule has 1 atom stereocenters. The molecule has 1 unspecified atom stereocenters. The van der Waals surface area contributed by atoms with Crippen molar-refractivity contribution < 1.29 is 9.84 Å². The van der Waals surface area contributed by atoms with Crippen LogP contribution in [0.5, 0.6) is 0 Å². The lowest BCUT2D eigenvalue weighted by atomic mass is 9.79. The second kappa shape index (κ2) is 4.43. The number of aliphatic hydroxyl groups is 1. The number of halogens is 2. The van der Waals surface area contributed by atoms with Crippen LogP contribution in [0, 0.1) is 0 Å². The smallest absolute Gasteiger partial charge is 0.0960 e. The van der Waals surface area contributed by atoms with Gasteiger partial charge in [0.2, 0.25) is 0 Å². The SMILES string of the molecule is CC1(C)CC(O)(c2cccc(Cl)c2Cl)CCO1. The van der Waals surface area contributed by atoms with Crippen molar-refractivity contribution in [2.45, 2.75) is 37.9 Å². The quantitative estimate of drug-likeness (QED) is 0.845. The summed E-state index contributed by atoms with van der Waals surface area (Å²) < 4.78 is 5.62. The average molecular weight is 275 g/mol. The van der Waals surface area contributed by atoms with Crippen molar-refractivity contribution in [2.24, 2.45) is 0 Å². The van der Waals surface area contributed by atoms with Gasteiger partial charge in [0.05, 0.1) is 27.9 Å². The number of hydrogen-bond acceptors (Lipinski definition) is 2. The van der Waals surface area contributed by atoms with Gasteiger partial charge in [-0.1, -0.05) is 35.3 Å². The Kier molecular flexibility index (Phi) is 3.43. The number of benzene rings is 1. The molecular weight excluding hydrogens is 259 g/mol. The van der Waals surface area contributed by atoms with Gasteiger partial charge >= 0.3 is 0 Å². The largest absolute Gasteiger partial charge is 0.385 e. The fourth-order valence-electron chi connectivity index (χ4n) is 2.43. The van der Waals surface area contributed by atoms with E-state index in [9.17, 15) is 5.11 Å². The van der Waals surface area contributed by atoms with E-state index in [4.69, 9.17) is 27.9 Å². The molecule has 0 radical (unpaired) electrons. The zero-order valence-electron chi connectivity index (χ0n) is 9.96. The Balaban J connectivity index is 2.41. The molecule has 0 saturated carbocycles. The Bertz CT molecular complexity index is 431. The van der Waals surface area contributed by atoms with E-state index in [0.717, 1.165) is 0 Å². The van der Waals surface area contributed by atoms with Crippen molar-refractivity contribution >= 4 is 23.2 Å². The van der Waals surface area contributed by atoms with Crippen LogP contribution in [0.25, 0.3) is 0 Å². The second-order valence-corrected chi connectivity index (χ2v) is 5.95. The molecule has 0 aliphatic carbocycles. The summed E-state index contributed by atoms with van der Waals surface area (Å²) in [4.78, 5) is 0. The van der Waals surface area contributed by atoms with E-state index in [0.29, 0.717) is 35.1 Å². The summed E-state index contributed by atoms with van der Waals surface area (Å²) >= 11 is 12.2. The lowest BCUT2D eigenvalue weighted by Crippen LogP contribution is -2.44. The summed E-state index contributed by atoms with van der Waals surface area (Å²) in [6.07, 6.45) is 1.05. The molecule has 2 rings (SSSR count). The summed E-state index contributed by atoms with van der Waals surface area (Å²) in [6.45, 7) is 4.46. The van der Waals surface area contributed by atoms with Crippen LogP contribution in [0.2, 0.25) is 10.0 Å². The van der Waals surface area contributed by atoms with Gasteiger partial charge in [-0.05, 0) is 19.9 Å². The first-order valence-electron chi connectivity index (χ1n) is 5.65. The van der Waals surface area contributed by atoms with Crippen LogP contribution in [0.15, 0.2) is 18.2 Å². The summed E-state index contributed by atoms with van der Waals surface area (Å²) in [5, 5.41) is 11.7. The maximum absolute atomic E-state index is 10.8. The third-order valence-electron chi connectivity index (χ3n) is 3.18. The van der Waals surface area contributed by atoms with Gasteiger partial charge in [0.15, 0.2) is 0 Å². The van der Waals surface area contributed by atoms with Gasteiger partial charge in [-0.3, -0.25) is 0 Å². The van der Waals surface area contributed by atoms with Crippen molar-refractivity contribution in [1.82, 2.24) is 0 Å². The maximum atomic E-state index is 10.8. The zero-order chi connectivity index (χ0) is 12.7. The number of hydrogen-bond donors (Lipinski definition) is 1. The third kappa shape index (κ3) is 2.60. The van der Waals surface area contributed by atoms with E-state index in [1.807, 2.05) is 26.0 Å². The zero-order valence-corrected chi connectivity index (χ0v) is 11.5.